The van der Waals surface area contributed by atoms with E-state index in [-0.39, 0.29) is 11.4 Å². The van der Waals surface area contributed by atoms with Gasteiger partial charge in [0.2, 0.25) is 5.91 Å². The zero-order chi connectivity index (χ0) is 11.6. The summed E-state index contributed by atoms with van der Waals surface area (Å²) in [4.78, 5) is 11.4. The molecule has 1 saturated carbocycles. The van der Waals surface area contributed by atoms with E-state index in [0.29, 0.717) is 5.56 Å². The molecule has 0 unspecified atom stereocenters. The Morgan fingerprint density at radius 3 is 2.38 bits per heavy atom. The number of amides is 1. The molecule has 86 valence electrons. The van der Waals surface area contributed by atoms with E-state index in [9.17, 15) is 4.79 Å². The van der Waals surface area contributed by atoms with E-state index in [1.807, 2.05) is 18.2 Å². The molecule has 3 heteroatoms. The summed E-state index contributed by atoms with van der Waals surface area (Å²) < 4.78 is 0. The van der Waals surface area contributed by atoms with Gasteiger partial charge in [0.05, 0.1) is 0 Å². The van der Waals surface area contributed by atoms with Gasteiger partial charge in [-0.05, 0) is 24.5 Å². The van der Waals surface area contributed by atoms with Crippen LogP contribution in [-0.2, 0) is 5.54 Å². The Kier molecular flexibility index (Phi) is 2.97. The third kappa shape index (κ3) is 1.95. The molecule has 16 heavy (non-hydrogen) atoms. The van der Waals surface area contributed by atoms with Crippen molar-refractivity contribution in [3.8, 4) is 0 Å². The molecule has 0 aliphatic heterocycles. The van der Waals surface area contributed by atoms with E-state index in [2.05, 4.69) is 0 Å². The first-order valence-electron chi connectivity index (χ1n) is 5.82. The number of primary amides is 1. The number of carbonyl (C=O) groups is 1. The molecular weight excluding hydrogens is 200 g/mol. The molecule has 1 aliphatic rings. The smallest absolute Gasteiger partial charge is 0.249 e. The molecule has 0 heterocycles. The van der Waals surface area contributed by atoms with Gasteiger partial charge in [-0.15, -0.1) is 0 Å². The molecule has 0 aromatic heterocycles. The lowest BCUT2D eigenvalue weighted by atomic mass is 9.76. The fourth-order valence-corrected chi connectivity index (χ4v) is 2.58. The number of carbonyl (C=O) groups excluding carboxylic acids is 1. The Bertz CT molecular complexity index is 395. The summed E-state index contributed by atoms with van der Waals surface area (Å²) in [6, 6.07) is 7.45. The van der Waals surface area contributed by atoms with Crippen molar-refractivity contribution in [2.24, 2.45) is 11.5 Å². The Morgan fingerprint density at radius 1 is 1.12 bits per heavy atom. The molecule has 1 fully saturated rings. The van der Waals surface area contributed by atoms with Crippen LogP contribution >= 0.6 is 0 Å². The average molecular weight is 218 g/mol. The van der Waals surface area contributed by atoms with Crippen molar-refractivity contribution < 1.29 is 4.79 Å². The van der Waals surface area contributed by atoms with E-state index >= 15 is 0 Å². The SMILES string of the molecule is NC(=O)c1ccccc1C1(N)CCCCC1. The molecule has 1 aromatic carbocycles. The highest BCUT2D eigenvalue weighted by molar-refractivity contribution is 5.94. The van der Waals surface area contributed by atoms with Gasteiger partial charge in [-0.1, -0.05) is 37.5 Å². The van der Waals surface area contributed by atoms with Gasteiger partial charge in [0.25, 0.3) is 0 Å². The normalized spacial score (nSPS) is 19.3. The second-order valence-electron chi connectivity index (χ2n) is 4.63. The summed E-state index contributed by atoms with van der Waals surface area (Å²) in [6.45, 7) is 0. The highest BCUT2D eigenvalue weighted by atomic mass is 16.1. The van der Waals surface area contributed by atoms with Crippen LogP contribution in [0.5, 0.6) is 0 Å². The predicted octanol–water partition coefficient (Wildman–Crippen LogP) is 1.90. The first-order chi connectivity index (χ1) is 7.63. The minimum Gasteiger partial charge on any atom is -0.366 e. The number of benzene rings is 1. The van der Waals surface area contributed by atoms with Gasteiger partial charge in [0.15, 0.2) is 0 Å². The topological polar surface area (TPSA) is 69.1 Å². The van der Waals surface area contributed by atoms with Gasteiger partial charge >= 0.3 is 0 Å². The Morgan fingerprint density at radius 2 is 1.75 bits per heavy atom. The van der Waals surface area contributed by atoms with Crippen LogP contribution in [0.15, 0.2) is 24.3 Å². The van der Waals surface area contributed by atoms with Crippen LogP contribution in [0.2, 0.25) is 0 Å². The van der Waals surface area contributed by atoms with Crippen LogP contribution in [0, 0.1) is 0 Å². The molecule has 2 rings (SSSR count). The lowest BCUT2D eigenvalue weighted by Crippen LogP contribution is -2.40. The molecule has 1 aliphatic carbocycles. The van der Waals surface area contributed by atoms with Crippen molar-refractivity contribution in [2.45, 2.75) is 37.6 Å². The molecule has 4 N–H and O–H groups in total. The quantitative estimate of drug-likeness (QED) is 0.796. The van der Waals surface area contributed by atoms with Gasteiger partial charge in [-0.2, -0.15) is 0 Å². The number of hydrogen-bond donors (Lipinski definition) is 2. The summed E-state index contributed by atoms with van der Waals surface area (Å²) in [5.74, 6) is -0.383. The summed E-state index contributed by atoms with van der Waals surface area (Å²) in [6.07, 6.45) is 5.37. The molecule has 0 bridgehead atoms. The summed E-state index contributed by atoms with van der Waals surface area (Å²) in [5.41, 5.74) is 12.9. The van der Waals surface area contributed by atoms with Crippen molar-refractivity contribution in [1.29, 1.82) is 0 Å². The fraction of sp³-hybridized carbons (Fsp3) is 0.462. The van der Waals surface area contributed by atoms with E-state index < -0.39 is 0 Å². The van der Waals surface area contributed by atoms with Crippen molar-refractivity contribution in [2.75, 3.05) is 0 Å². The highest BCUT2D eigenvalue weighted by Gasteiger charge is 2.32. The monoisotopic (exact) mass is 218 g/mol. The third-order valence-electron chi connectivity index (χ3n) is 3.47. The minimum absolute atomic E-state index is 0.357. The summed E-state index contributed by atoms with van der Waals surface area (Å²) >= 11 is 0. The average Bonchev–Trinajstić information content (AvgIpc) is 2.30. The number of rotatable bonds is 2. The number of nitrogens with two attached hydrogens (primary N) is 2. The van der Waals surface area contributed by atoms with Crippen LogP contribution in [-0.4, -0.2) is 5.91 Å². The molecular formula is C13H18N2O. The van der Waals surface area contributed by atoms with E-state index in [4.69, 9.17) is 11.5 Å². The Labute approximate surface area is 95.8 Å². The van der Waals surface area contributed by atoms with Crippen LogP contribution in [0.1, 0.15) is 48.0 Å². The van der Waals surface area contributed by atoms with Gasteiger partial charge in [0.1, 0.15) is 0 Å². The Hall–Kier alpha value is -1.35. The second-order valence-corrected chi connectivity index (χ2v) is 4.63. The molecule has 0 atom stereocenters. The Balaban J connectivity index is 2.42. The first kappa shape index (κ1) is 11.1. The molecule has 1 amide bonds. The van der Waals surface area contributed by atoms with Crippen LogP contribution in [0.3, 0.4) is 0 Å². The minimum atomic E-state index is -0.383. The molecule has 0 saturated heterocycles. The number of hydrogen-bond acceptors (Lipinski definition) is 2. The standard InChI is InChI=1S/C13H18N2O/c14-12(16)10-6-2-3-7-11(10)13(15)8-4-1-5-9-13/h2-3,6-7H,1,4-5,8-9,15H2,(H2,14,16). The van der Waals surface area contributed by atoms with E-state index in [1.54, 1.807) is 6.07 Å². The van der Waals surface area contributed by atoms with Crippen molar-refractivity contribution in [1.82, 2.24) is 0 Å². The van der Waals surface area contributed by atoms with Gasteiger partial charge < -0.3 is 11.5 Å². The van der Waals surface area contributed by atoms with Crippen molar-refractivity contribution in [3.05, 3.63) is 35.4 Å². The molecule has 3 nitrogen and oxygen atoms in total. The predicted molar refractivity (Wildman–Crippen MR) is 63.9 cm³/mol. The zero-order valence-corrected chi connectivity index (χ0v) is 9.41. The first-order valence-corrected chi connectivity index (χ1v) is 5.82. The maximum absolute atomic E-state index is 11.4. The molecule has 0 spiro atoms. The van der Waals surface area contributed by atoms with Gasteiger partial charge in [-0.3, -0.25) is 4.79 Å². The maximum atomic E-state index is 11.4. The van der Waals surface area contributed by atoms with E-state index in [1.165, 1.54) is 6.42 Å². The second kappa shape index (κ2) is 4.26. The molecule has 0 radical (unpaired) electrons. The van der Waals surface area contributed by atoms with Crippen molar-refractivity contribution >= 4 is 5.91 Å². The maximum Gasteiger partial charge on any atom is 0.249 e. The van der Waals surface area contributed by atoms with Crippen LogP contribution < -0.4 is 11.5 Å². The van der Waals surface area contributed by atoms with Crippen LogP contribution in [0.4, 0.5) is 0 Å². The summed E-state index contributed by atoms with van der Waals surface area (Å²) in [7, 11) is 0. The lowest BCUT2D eigenvalue weighted by molar-refractivity contribution is 0.0996. The lowest BCUT2D eigenvalue weighted by Gasteiger charge is -2.35. The zero-order valence-electron chi connectivity index (χ0n) is 9.41. The molecule has 1 aromatic rings. The van der Waals surface area contributed by atoms with Gasteiger partial charge in [-0.25, -0.2) is 0 Å². The third-order valence-corrected chi connectivity index (χ3v) is 3.47. The largest absolute Gasteiger partial charge is 0.366 e. The van der Waals surface area contributed by atoms with Crippen molar-refractivity contribution in [3.63, 3.8) is 0 Å². The summed E-state index contributed by atoms with van der Waals surface area (Å²) in [5, 5.41) is 0. The van der Waals surface area contributed by atoms with Crippen LogP contribution in [0.25, 0.3) is 0 Å². The van der Waals surface area contributed by atoms with Gasteiger partial charge in [0, 0.05) is 11.1 Å². The fourth-order valence-electron chi connectivity index (χ4n) is 2.58. The highest BCUT2D eigenvalue weighted by Crippen LogP contribution is 2.36. The van der Waals surface area contributed by atoms with E-state index in [0.717, 1.165) is 31.2 Å².